The van der Waals surface area contributed by atoms with E-state index in [4.69, 9.17) is 5.73 Å². The second-order valence-corrected chi connectivity index (χ2v) is 3.93. The number of anilines is 1. The maximum absolute atomic E-state index is 5.73. The lowest BCUT2D eigenvalue weighted by Crippen LogP contribution is -2.33. The Kier molecular flexibility index (Phi) is 3.47. The van der Waals surface area contributed by atoms with E-state index in [0.29, 0.717) is 0 Å². The van der Waals surface area contributed by atoms with Gasteiger partial charge in [-0.25, -0.2) is 4.98 Å². The fourth-order valence-corrected chi connectivity index (χ4v) is 1.36. The van der Waals surface area contributed by atoms with E-state index in [9.17, 15) is 0 Å². The molecule has 1 heterocycles. The SMILES string of the molecule is Cc1ccc(N(C)CC(C)N)nc1C. The summed E-state index contributed by atoms with van der Waals surface area (Å²) in [4.78, 5) is 6.58. The van der Waals surface area contributed by atoms with E-state index in [0.717, 1.165) is 18.1 Å². The summed E-state index contributed by atoms with van der Waals surface area (Å²) in [5.41, 5.74) is 8.04. The normalized spacial score (nSPS) is 12.6. The smallest absolute Gasteiger partial charge is 0.128 e. The predicted molar refractivity (Wildman–Crippen MR) is 60.6 cm³/mol. The average molecular weight is 193 g/mol. The van der Waals surface area contributed by atoms with Gasteiger partial charge in [-0.3, -0.25) is 0 Å². The molecule has 1 aromatic heterocycles. The van der Waals surface area contributed by atoms with Gasteiger partial charge < -0.3 is 10.6 Å². The van der Waals surface area contributed by atoms with Crippen molar-refractivity contribution in [1.29, 1.82) is 0 Å². The Balaban J connectivity index is 2.80. The molecule has 2 N–H and O–H groups in total. The van der Waals surface area contributed by atoms with Gasteiger partial charge in [-0.2, -0.15) is 0 Å². The third-order valence-electron chi connectivity index (χ3n) is 2.29. The number of pyridine rings is 1. The molecule has 0 aliphatic rings. The summed E-state index contributed by atoms with van der Waals surface area (Å²) < 4.78 is 0. The molecule has 1 atom stereocenters. The topological polar surface area (TPSA) is 42.1 Å². The van der Waals surface area contributed by atoms with E-state index in [-0.39, 0.29) is 6.04 Å². The van der Waals surface area contributed by atoms with Crippen LogP contribution in [0.2, 0.25) is 0 Å². The molecular formula is C11H19N3. The number of aromatic nitrogens is 1. The minimum atomic E-state index is 0.170. The zero-order valence-electron chi connectivity index (χ0n) is 9.41. The monoisotopic (exact) mass is 193 g/mol. The number of nitrogens with two attached hydrogens (primary N) is 1. The molecule has 0 aromatic carbocycles. The van der Waals surface area contributed by atoms with Crippen LogP contribution in [0.4, 0.5) is 5.82 Å². The van der Waals surface area contributed by atoms with Crippen LogP contribution in [0.1, 0.15) is 18.2 Å². The summed E-state index contributed by atoms with van der Waals surface area (Å²) in [6.45, 7) is 6.92. The molecule has 0 saturated heterocycles. The van der Waals surface area contributed by atoms with Crippen molar-refractivity contribution in [3.05, 3.63) is 23.4 Å². The van der Waals surface area contributed by atoms with Crippen LogP contribution in [0.15, 0.2) is 12.1 Å². The van der Waals surface area contributed by atoms with E-state index >= 15 is 0 Å². The van der Waals surface area contributed by atoms with Crippen LogP contribution >= 0.6 is 0 Å². The number of likely N-dealkylation sites (N-methyl/N-ethyl adjacent to an activating group) is 1. The highest BCUT2D eigenvalue weighted by atomic mass is 15.2. The van der Waals surface area contributed by atoms with E-state index in [1.165, 1.54) is 5.56 Å². The molecule has 14 heavy (non-hydrogen) atoms. The van der Waals surface area contributed by atoms with Gasteiger partial charge in [0, 0.05) is 25.3 Å². The van der Waals surface area contributed by atoms with Gasteiger partial charge >= 0.3 is 0 Å². The van der Waals surface area contributed by atoms with Crippen LogP contribution in [0.3, 0.4) is 0 Å². The van der Waals surface area contributed by atoms with Gasteiger partial charge in [-0.05, 0) is 32.4 Å². The minimum Gasteiger partial charge on any atom is -0.358 e. The minimum absolute atomic E-state index is 0.170. The van der Waals surface area contributed by atoms with Gasteiger partial charge in [-0.1, -0.05) is 6.07 Å². The summed E-state index contributed by atoms with van der Waals surface area (Å²) in [6.07, 6.45) is 0. The van der Waals surface area contributed by atoms with Gasteiger partial charge in [0.25, 0.3) is 0 Å². The first-order valence-electron chi connectivity index (χ1n) is 4.91. The first-order chi connectivity index (χ1) is 6.50. The van der Waals surface area contributed by atoms with Gasteiger partial charge in [-0.15, -0.1) is 0 Å². The molecule has 0 radical (unpaired) electrons. The second-order valence-electron chi connectivity index (χ2n) is 3.93. The highest BCUT2D eigenvalue weighted by Gasteiger charge is 2.05. The van der Waals surface area contributed by atoms with Crippen LogP contribution in [-0.2, 0) is 0 Å². The van der Waals surface area contributed by atoms with Crippen LogP contribution in [0.5, 0.6) is 0 Å². The summed E-state index contributed by atoms with van der Waals surface area (Å²) >= 11 is 0. The first kappa shape index (κ1) is 11.0. The Morgan fingerprint density at radius 3 is 2.57 bits per heavy atom. The average Bonchev–Trinajstić information content (AvgIpc) is 2.08. The summed E-state index contributed by atoms with van der Waals surface area (Å²) in [5, 5.41) is 0. The third-order valence-corrected chi connectivity index (χ3v) is 2.29. The highest BCUT2D eigenvalue weighted by Crippen LogP contribution is 2.12. The Morgan fingerprint density at radius 1 is 1.43 bits per heavy atom. The number of rotatable bonds is 3. The van der Waals surface area contributed by atoms with Crippen molar-refractivity contribution in [2.75, 3.05) is 18.5 Å². The third kappa shape index (κ3) is 2.70. The van der Waals surface area contributed by atoms with E-state index in [1.807, 2.05) is 27.0 Å². The number of aryl methyl sites for hydroxylation is 2. The molecule has 78 valence electrons. The molecule has 1 unspecified atom stereocenters. The van der Waals surface area contributed by atoms with Crippen molar-refractivity contribution < 1.29 is 0 Å². The van der Waals surface area contributed by atoms with Gasteiger partial charge in [0.15, 0.2) is 0 Å². The fraction of sp³-hybridized carbons (Fsp3) is 0.545. The Morgan fingerprint density at radius 2 is 2.07 bits per heavy atom. The van der Waals surface area contributed by atoms with Crippen molar-refractivity contribution in [2.24, 2.45) is 5.73 Å². The zero-order valence-corrected chi connectivity index (χ0v) is 9.41. The van der Waals surface area contributed by atoms with Crippen LogP contribution in [-0.4, -0.2) is 24.6 Å². The predicted octanol–water partition coefficient (Wildman–Crippen LogP) is 1.48. The van der Waals surface area contributed by atoms with Gasteiger partial charge in [0.05, 0.1) is 0 Å². The fourth-order valence-electron chi connectivity index (χ4n) is 1.36. The lowest BCUT2D eigenvalue weighted by atomic mass is 10.2. The zero-order chi connectivity index (χ0) is 10.7. The van der Waals surface area contributed by atoms with E-state index in [2.05, 4.69) is 22.9 Å². The molecule has 0 amide bonds. The van der Waals surface area contributed by atoms with Crippen molar-refractivity contribution in [3.63, 3.8) is 0 Å². The maximum Gasteiger partial charge on any atom is 0.128 e. The molecule has 1 aromatic rings. The largest absolute Gasteiger partial charge is 0.358 e. The molecule has 0 fully saturated rings. The number of nitrogens with zero attached hydrogens (tertiary/aromatic N) is 2. The molecule has 0 saturated carbocycles. The maximum atomic E-state index is 5.73. The molecule has 0 aliphatic heterocycles. The lowest BCUT2D eigenvalue weighted by molar-refractivity contribution is 0.711. The molecule has 0 spiro atoms. The Bertz CT molecular complexity index is 307. The lowest BCUT2D eigenvalue weighted by Gasteiger charge is -2.20. The van der Waals surface area contributed by atoms with Crippen LogP contribution < -0.4 is 10.6 Å². The molecular weight excluding hydrogens is 174 g/mol. The Hall–Kier alpha value is -1.09. The highest BCUT2D eigenvalue weighted by molar-refractivity contribution is 5.40. The van der Waals surface area contributed by atoms with Crippen LogP contribution in [0, 0.1) is 13.8 Å². The van der Waals surface area contributed by atoms with Crippen molar-refractivity contribution >= 4 is 5.82 Å². The number of hydrogen-bond donors (Lipinski definition) is 1. The number of hydrogen-bond acceptors (Lipinski definition) is 3. The van der Waals surface area contributed by atoms with Gasteiger partial charge in [0.2, 0.25) is 0 Å². The molecule has 0 bridgehead atoms. The standard InChI is InChI=1S/C11H19N3/c1-8-5-6-11(13-10(8)3)14(4)7-9(2)12/h5-6,9H,7,12H2,1-4H3. The summed E-state index contributed by atoms with van der Waals surface area (Å²) in [7, 11) is 2.01. The van der Waals surface area contributed by atoms with E-state index < -0.39 is 0 Å². The second kappa shape index (κ2) is 4.42. The quantitative estimate of drug-likeness (QED) is 0.790. The summed E-state index contributed by atoms with van der Waals surface area (Å²) in [5.74, 6) is 0.991. The summed E-state index contributed by atoms with van der Waals surface area (Å²) in [6, 6.07) is 4.29. The molecule has 0 aliphatic carbocycles. The molecule has 1 rings (SSSR count). The van der Waals surface area contributed by atoms with Crippen molar-refractivity contribution in [3.8, 4) is 0 Å². The molecule has 3 heteroatoms. The van der Waals surface area contributed by atoms with Gasteiger partial charge in [0.1, 0.15) is 5.82 Å². The van der Waals surface area contributed by atoms with Crippen molar-refractivity contribution in [2.45, 2.75) is 26.8 Å². The van der Waals surface area contributed by atoms with E-state index in [1.54, 1.807) is 0 Å². The first-order valence-corrected chi connectivity index (χ1v) is 4.91. The van der Waals surface area contributed by atoms with Crippen LogP contribution in [0.25, 0.3) is 0 Å². The molecule has 3 nitrogen and oxygen atoms in total. The van der Waals surface area contributed by atoms with Crippen molar-refractivity contribution in [1.82, 2.24) is 4.98 Å². The Labute approximate surface area is 85.9 Å².